The van der Waals surface area contributed by atoms with Gasteiger partial charge in [0.15, 0.2) is 11.5 Å². The number of carbonyl (C=O) groups is 1. The lowest BCUT2D eigenvalue weighted by molar-refractivity contribution is -0.0705. The molecule has 1 unspecified atom stereocenters. The van der Waals surface area contributed by atoms with Crippen LogP contribution in [0.1, 0.15) is 34.2 Å². The van der Waals surface area contributed by atoms with E-state index in [4.69, 9.17) is 19.2 Å². The molecule has 214 valence electrons. The first-order valence-corrected chi connectivity index (χ1v) is 13.7. The number of halogens is 1. The highest BCUT2D eigenvalue weighted by Gasteiger charge is 2.42. The number of nitrogens with zero attached hydrogens (tertiary/aromatic N) is 4. The topological polar surface area (TPSA) is 89.3 Å². The molecule has 2 aliphatic heterocycles. The number of carboxylic acids is 1. The summed E-state index contributed by atoms with van der Waals surface area (Å²) in [6.07, 6.45) is 0. The molecule has 1 saturated heterocycles. The standard InChI is InChI=1S/C31H33FN4O5/c1-20-7-9-22(23(32)17-20)31(2)40-27-6-4-5-25(29(27)41-31)35-13-11-34(12-14-35)19-28-33-24-10-8-21(30(37)38)18-26(24)36(28)15-16-39-3/h4-10,17-18H,11-16,19H2,1-3H3,(H,37,38). The van der Waals surface area contributed by atoms with Gasteiger partial charge in [-0.25, -0.2) is 14.2 Å². The smallest absolute Gasteiger partial charge is 0.335 e. The number of piperazine rings is 1. The van der Waals surface area contributed by atoms with Crippen molar-refractivity contribution in [3.63, 3.8) is 0 Å². The van der Waals surface area contributed by atoms with Crippen molar-refractivity contribution < 1.29 is 28.5 Å². The van der Waals surface area contributed by atoms with Crippen LogP contribution >= 0.6 is 0 Å². The fourth-order valence-corrected chi connectivity index (χ4v) is 5.67. The Balaban J connectivity index is 1.18. The molecule has 0 amide bonds. The third-order valence-corrected chi connectivity index (χ3v) is 7.84. The lowest BCUT2D eigenvalue weighted by Gasteiger charge is -2.36. The van der Waals surface area contributed by atoms with Crippen molar-refractivity contribution in [1.29, 1.82) is 0 Å². The largest absolute Gasteiger partial charge is 0.478 e. The van der Waals surface area contributed by atoms with Gasteiger partial charge in [-0.05, 0) is 55.0 Å². The number of aryl methyl sites for hydroxylation is 1. The molecule has 9 nitrogen and oxygen atoms in total. The minimum atomic E-state index is -1.25. The number of hydrogen-bond donors (Lipinski definition) is 1. The third kappa shape index (κ3) is 5.09. The van der Waals surface area contributed by atoms with Crippen LogP contribution in [0.3, 0.4) is 0 Å². The Hall–Kier alpha value is -4.15. The average molecular weight is 561 g/mol. The first-order valence-electron chi connectivity index (χ1n) is 13.7. The molecule has 1 atom stereocenters. The molecular formula is C31H33FN4O5. The molecule has 1 aromatic heterocycles. The molecule has 1 fully saturated rings. The number of methoxy groups -OCH3 is 1. The van der Waals surface area contributed by atoms with E-state index in [1.165, 1.54) is 6.07 Å². The third-order valence-electron chi connectivity index (χ3n) is 7.84. The number of aromatic nitrogens is 2. The SMILES string of the molecule is COCCn1c(CN2CCN(c3cccc4c3OC(C)(c3ccc(C)cc3F)O4)CC2)nc2ccc(C(=O)O)cc21. The van der Waals surface area contributed by atoms with Crippen LogP contribution in [0.15, 0.2) is 54.6 Å². The van der Waals surface area contributed by atoms with E-state index >= 15 is 0 Å². The van der Waals surface area contributed by atoms with E-state index in [1.54, 1.807) is 38.3 Å². The van der Waals surface area contributed by atoms with Gasteiger partial charge < -0.3 is 28.8 Å². The summed E-state index contributed by atoms with van der Waals surface area (Å²) in [6, 6.07) is 15.9. The van der Waals surface area contributed by atoms with Gasteiger partial charge in [-0.3, -0.25) is 4.90 Å². The minimum Gasteiger partial charge on any atom is -0.478 e. The fourth-order valence-electron chi connectivity index (χ4n) is 5.67. The van der Waals surface area contributed by atoms with Gasteiger partial charge in [0.05, 0.1) is 41.0 Å². The van der Waals surface area contributed by atoms with Crippen LogP contribution in [0.5, 0.6) is 11.5 Å². The molecular weight excluding hydrogens is 527 g/mol. The van der Waals surface area contributed by atoms with Gasteiger partial charge >= 0.3 is 5.97 Å². The summed E-state index contributed by atoms with van der Waals surface area (Å²) in [4.78, 5) is 21.0. The molecule has 0 saturated carbocycles. The zero-order valence-corrected chi connectivity index (χ0v) is 23.4. The molecule has 2 aliphatic rings. The monoisotopic (exact) mass is 560 g/mol. The summed E-state index contributed by atoms with van der Waals surface area (Å²) in [7, 11) is 1.65. The molecule has 1 N–H and O–H groups in total. The van der Waals surface area contributed by atoms with E-state index in [1.807, 2.05) is 31.2 Å². The van der Waals surface area contributed by atoms with Crippen molar-refractivity contribution in [3.05, 3.63) is 82.9 Å². The van der Waals surface area contributed by atoms with Crippen molar-refractivity contribution in [3.8, 4) is 11.5 Å². The van der Waals surface area contributed by atoms with Crippen LogP contribution in [0.4, 0.5) is 10.1 Å². The van der Waals surface area contributed by atoms with E-state index in [2.05, 4.69) is 14.4 Å². The second-order valence-electron chi connectivity index (χ2n) is 10.7. The lowest BCUT2D eigenvalue weighted by atomic mass is 10.0. The number of aromatic carboxylic acids is 1. The zero-order chi connectivity index (χ0) is 28.7. The maximum atomic E-state index is 14.9. The molecule has 3 aromatic carbocycles. The van der Waals surface area contributed by atoms with E-state index in [0.29, 0.717) is 36.8 Å². The number of imidazole rings is 1. The number of hydrogen-bond acceptors (Lipinski definition) is 7. The number of carboxylic acid groups (broad SMARTS) is 1. The molecule has 4 aromatic rings. The van der Waals surface area contributed by atoms with Crippen LogP contribution < -0.4 is 14.4 Å². The molecule has 3 heterocycles. The van der Waals surface area contributed by atoms with Crippen LogP contribution in [-0.2, 0) is 23.6 Å². The Bertz CT molecular complexity index is 1610. The van der Waals surface area contributed by atoms with Crippen molar-refractivity contribution in [2.24, 2.45) is 0 Å². The van der Waals surface area contributed by atoms with Gasteiger partial charge in [-0.15, -0.1) is 0 Å². The summed E-state index contributed by atoms with van der Waals surface area (Å²) in [5.74, 6) is -0.471. The molecule has 0 aliphatic carbocycles. The van der Waals surface area contributed by atoms with E-state index in [0.717, 1.165) is 54.3 Å². The van der Waals surface area contributed by atoms with E-state index in [-0.39, 0.29) is 11.4 Å². The number of para-hydroxylation sites is 1. The molecule has 10 heteroatoms. The van der Waals surface area contributed by atoms with Crippen LogP contribution in [-0.4, -0.2) is 65.4 Å². The van der Waals surface area contributed by atoms with Gasteiger partial charge in [0.2, 0.25) is 0 Å². The number of ether oxygens (including phenoxy) is 3. The fraction of sp³-hybridized carbons (Fsp3) is 0.355. The maximum absolute atomic E-state index is 14.9. The summed E-state index contributed by atoms with van der Waals surface area (Å²) in [6.45, 7) is 8.42. The highest BCUT2D eigenvalue weighted by atomic mass is 19.1. The molecule has 41 heavy (non-hydrogen) atoms. The van der Waals surface area contributed by atoms with Crippen molar-refractivity contribution >= 4 is 22.7 Å². The van der Waals surface area contributed by atoms with Crippen molar-refractivity contribution in [1.82, 2.24) is 14.5 Å². The zero-order valence-electron chi connectivity index (χ0n) is 23.4. The highest BCUT2D eigenvalue weighted by molar-refractivity contribution is 5.92. The van der Waals surface area contributed by atoms with E-state index < -0.39 is 11.8 Å². The Morgan fingerprint density at radius 3 is 2.63 bits per heavy atom. The highest BCUT2D eigenvalue weighted by Crippen LogP contribution is 2.49. The second kappa shape index (κ2) is 10.7. The minimum absolute atomic E-state index is 0.235. The maximum Gasteiger partial charge on any atom is 0.335 e. The van der Waals surface area contributed by atoms with Gasteiger partial charge in [0.1, 0.15) is 11.6 Å². The first kappa shape index (κ1) is 27.0. The summed E-state index contributed by atoms with van der Waals surface area (Å²) >= 11 is 0. The van der Waals surface area contributed by atoms with Crippen LogP contribution in [0, 0.1) is 12.7 Å². The Morgan fingerprint density at radius 2 is 1.90 bits per heavy atom. The van der Waals surface area contributed by atoms with E-state index in [9.17, 15) is 14.3 Å². The molecule has 0 radical (unpaired) electrons. The number of rotatable bonds is 8. The molecule has 6 rings (SSSR count). The number of anilines is 1. The average Bonchev–Trinajstić information content (AvgIpc) is 3.48. The predicted molar refractivity (Wildman–Crippen MR) is 152 cm³/mol. The Morgan fingerprint density at radius 1 is 1.10 bits per heavy atom. The quantitative estimate of drug-likeness (QED) is 0.329. The Labute approximate surface area is 237 Å². The van der Waals surface area contributed by atoms with Gasteiger partial charge in [-0.2, -0.15) is 0 Å². The van der Waals surface area contributed by atoms with Crippen molar-refractivity contribution in [2.75, 3.05) is 44.8 Å². The van der Waals surface area contributed by atoms with Crippen molar-refractivity contribution in [2.45, 2.75) is 32.7 Å². The van der Waals surface area contributed by atoms with Gasteiger partial charge in [0, 0.05) is 46.8 Å². The summed E-state index contributed by atoms with van der Waals surface area (Å²) < 4.78 is 34.7. The normalized spacial score (nSPS) is 18.8. The van der Waals surface area contributed by atoms with Gasteiger partial charge in [-0.1, -0.05) is 12.1 Å². The Kier molecular flexibility index (Phi) is 7.04. The van der Waals surface area contributed by atoms with Gasteiger partial charge in [0.25, 0.3) is 5.79 Å². The van der Waals surface area contributed by atoms with Crippen LogP contribution in [0.25, 0.3) is 11.0 Å². The number of benzene rings is 3. The second-order valence-corrected chi connectivity index (χ2v) is 10.7. The summed E-state index contributed by atoms with van der Waals surface area (Å²) in [5.41, 5.74) is 3.92. The molecule has 0 bridgehead atoms. The predicted octanol–water partition coefficient (Wildman–Crippen LogP) is 4.79. The number of fused-ring (bicyclic) bond motifs is 2. The lowest BCUT2D eigenvalue weighted by Crippen LogP contribution is -2.46. The molecule has 0 spiro atoms. The van der Waals surface area contributed by atoms with Crippen LogP contribution in [0.2, 0.25) is 0 Å². The summed E-state index contributed by atoms with van der Waals surface area (Å²) in [5, 5.41) is 9.46. The first-order chi connectivity index (χ1) is 19.8.